The Morgan fingerprint density at radius 2 is 1.86 bits per heavy atom. The van der Waals surface area contributed by atoms with Gasteiger partial charge in [0.1, 0.15) is 0 Å². The molecule has 2 fully saturated rings. The van der Waals surface area contributed by atoms with Crippen LogP contribution in [0.3, 0.4) is 0 Å². The van der Waals surface area contributed by atoms with Crippen LogP contribution < -0.4 is 0 Å². The molecule has 0 N–H and O–H groups in total. The number of hydrogen-bond acceptors (Lipinski definition) is 3. The highest BCUT2D eigenvalue weighted by Crippen LogP contribution is 2.30. The van der Waals surface area contributed by atoms with Gasteiger partial charge in [0.25, 0.3) is 5.91 Å². The van der Waals surface area contributed by atoms with E-state index in [1.165, 1.54) is 5.56 Å². The first kappa shape index (κ1) is 19.0. The van der Waals surface area contributed by atoms with Gasteiger partial charge in [0.2, 0.25) is 5.91 Å². The van der Waals surface area contributed by atoms with Crippen molar-refractivity contribution >= 4 is 17.3 Å². The van der Waals surface area contributed by atoms with Crippen LogP contribution in [0.5, 0.6) is 0 Å². The third kappa shape index (κ3) is 3.77. The van der Waals surface area contributed by atoms with E-state index >= 15 is 0 Å². The summed E-state index contributed by atoms with van der Waals surface area (Å²) in [7, 11) is 0. The minimum atomic E-state index is 0.0981. The Balaban J connectivity index is 1.47. The molecule has 0 bridgehead atoms. The van der Waals surface area contributed by atoms with Gasteiger partial charge in [-0.15, -0.1) is 0 Å². The van der Waals surface area contributed by atoms with E-state index in [2.05, 4.69) is 24.2 Å². The van der Waals surface area contributed by atoms with Crippen molar-refractivity contribution in [3.8, 4) is 0 Å². The van der Waals surface area contributed by atoms with Crippen molar-refractivity contribution in [2.45, 2.75) is 57.8 Å². The van der Waals surface area contributed by atoms with Crippen molar-refractivity contribution in [2.75, 3.05) is 26.2 Å². The van der Waals surface area contributed by atoms with E-state index in [4.69, 9.17) is 0 Å². The Hall–Kier alpha value is -2.37. The number of carbonyl (C=O) groups excluding carboxylic acids is 2. The van der Waals surface area contributed by atoms with E-state index in [1.807, 2.05) is 16.0 Å². The Labute approximate surface area is 166 Å². The van der Waals surface area contributed by atoms with Gasteiger partial charge >= 0.3 is 0 Å². The van der Waals surface area contributed by atoms with Crippen molar-refractivity contribution in [2.24, 2.45) is 0 Å². The predicted octanol–water partition coefficient (Wildman–Crippen LogP) is 3.47. The van der Waals surface area contributed by atoms with Crippen LogP contribution in [-0.2, 0) is 4.79 Å². The maximum atomic E-state index is 12.8. The Bertz CT molecular complexity index is 845. The van der Waals surface area contributed by atoms with Gasteiger partial charge in [-0.25, -0.2) is 4.52 Å². The van der Waals surface area contributed by atoms with Gasteiger partial charge in [0, 0.05) is 38.8 Å². The first-order chi connectivity index (χ1) is 13.7. The first-order valence-corrected chi connectivity index (χ1v) is 10.7. The Morgan fingerprint density at radius 1 is 1.11 bits per heavy atom. The molecule has 6 nitrogen and oxygen atoms in total. The van der Waals surface area contributed by atoms with Gasteiger partial charge in [-0.1, -0.05) is 13.3 Å². The molecule has 2 aliphatic heterocycles. The van der Waals surface area contributed by atoms with Gasteiger partial charge in [-0.3, -0.25) is 9.59 Å². The molecular weight excluding hydrogens is 352 g/mol. The Morgan fingerprint density at radius 3 is 2.57 bits per heavy atom. The molecule has 2 aromatic rings. The number of hydrogen-bond donors (Lipinski definition) is 0. The van der Waals surface area contributed by atoms with Gasteiger partial charge in [0.05, 0.1) is 17.3 Å². The molecule has 4 rings (SSSR count). The quantitative estimate of drug-likeness (QED) is 0.796. The van der Waals surface area contributed by atoms with Crippen molar-refractivity contribution < 1.29 is 9.59 Å². The molecule has 2 saturated heterocycles. The first-order valence-electron chi connectivity index (χ1n) is 10.7. The molecule has 0 aromatic carbocycles. The van der Waals surface area contributed by atoms with Crippen LogP contribution in [0.25, 0.3) is 5.52 Å². The van der Waals surface area contributed by atoms with Gasteiger partial charge in [-0.2, -0.15) is 5.10 Å². The molecule has 2 aliphatic rings. The summed E-state index contributed by atoms with van der Waals surface area (Å²) in [5.41, 5.74) is 2.86. The SMILES string of the molecule is CCCCC(=O)N1CCC(c2ccn3ncc(C(=O)N4CCCC4)c3c2)CC1. The lowest BCUT2D eigenvalue weighted by molar-refractivity contribution is -0.132. The molecule has 6 heteroatoms. The molecule has 0 unspecified atom stereocenters. The summed E-state index contributed by atoms with van der Waals surface area (Å²) in [5.74, 6) is 0.830. The van der Waals surface area contributed by atoms with Crippen molar-refractivity contribution in [1.82, 2.24) is 19.4 Å². The number of aromatic nitrogens is 2. The van der Waals surface area contributed by atoms with Gasteiger partial charge in [-0.05, 0) is 55.7 Å². The summed E-state index contributed by atoms with van der Waals surface area (Å²) in [6.07, 6.45) is 10.5. The smallest absolute Gasteiger partial charge is 0.257 e. The minimum absolute atomic E-state index is 0.0981. The zero-order valence-corrected chi connectivity index (χ0v) is 16.8. The maximum Gasteiger partial charge on any atom is 0.257 e. The molecular formula is C22H30N4O2. The minimum Gasteiger partial charge on any atom is -0.343 e. The third-order valence-corrected chi connectivity index (χ3v) is 6.23. The average Bonchev–Trinajstić information content (AvgIpc) is 3.41. The number of likely N-dealkylation sites (tertiary alicyclic amines) is 2. The highest BCUT2D eigenvalue weighted by Gasteiger charge is 2.26. The monoisotopic (exact) mass is 382 g/mol. The topological polar surface area (TPSA) is 57.9 Å². The van der Waals surface area contributed by atoms with Crippen LogP contribution >= 0.6 is 0 Å². The molecule has 0 saturated carbocycles. The number of unbranched alkanes of at least 4 members (excludes halogenated alkanes) is 1. The number of piperidine rings is 1. The van der Waals surface area contributed by atoms with E-state index in [1.54, 1.807) is 10.7 Å². The number of carbonyl (C=O) groups is 2. The molecule has 0 aliphatic carbocycles. The van der Waals surface area contributed by atoms with Crippen LogP contribution in [0.4, 0.5) is 0 Å². The molecule has 0 atom stereocenters. The third-order valence-electron chi connectivity index (χ3n) is 6.23. The predicted molar refractivity (Wildman–Crippen MR) is 108 cm³/mol. The number of amides is 2. The largest absolute Gasteiger partial charge is 0.343 e. The lowest BCUT2D eigenvalue weighted by atomic mass is 9.89. The second-order valence-corrected chi connectivity index (χ2v) is 8.11. The zero-order chi connectivity index (χ0) is 19.5. The van der Waals surface area contributed by atoms with E-state index < -0.39 is 0 Å². The van der Waals surface area contributed by atoms with Crippen LogP contribution in [-0.4, -0.2) is 57.4 Å². The lowest BCUT2D eigenvalue weighted by Crippen LogP contribution is -2.37. The summed E-state index contributed by atoms with van der Waals surface area (Å²) in [6, 6.07) is 4.25. The molecule has 2 amide bonds. The normalized spacial score (nSPS) is 18.2. The lowest BCUT2D eigenvalue weighted by Gasteiger charge is -2.32. The van der Waals surface area contributed by atoms with Crippen LogP contribution in [0.2, 0.25) is 0 Å². The standard InChI is InChI=1S/C22H30N4O2/c1-2-3-6-21(27)24-12-7-17(8-13-24)18-9-14-26-20(15-18)19(16-23-26)22(28)25-10-4-5-11-25/h9,14-17H,2-8,10-13H2,1H3. The van der Waals surface area contributed by atoms with Crippen molar-refractivity contribution in [3.05, 3.63) is 35.7 Å². The average molecular weight is 383 g/mol. The number of fused-ring (bicyclic) bond motifs is 1. The van der Waals surface area contributed by atoms with E-state index in [-0.39, 0.29) is 5.91 Å². The van der Waals surface area contributed by atoms with Crippen molar-refractivity contribution in [3.63, 3.8) is 0 Å². The van der Waals surface area contributed by atoms with E-state index in [9.17, 15) is 9.59 Å². The van der Waals surface area contributed by atoms with Crippen molar-refractivity contribution in [1.29, 1.82) is 0 Å². The van der Waals surface area contributed by atoms with Crippen LogP contribution in [0, 0.1) is 0 Å². The van der Waals surface area contributed by atoms with Crippen LogP contribution in [0.15, 0.2) is 24.5 Å². The molecule has 150 valence electrons. The second-order valence-electron chi connectivity index (χ2n) is 8.11. The van der Waals surface area contributed by atoms with Gasteiger partial charge < -0.3 is 9.80 Å². The van der Waals surface area contributed by atoms with Crippen LogP contribution in [0.1, 0.15) is 73.7 Å². The summed E-state index contributed by atoms with van der Waals surface area (Å²) in [5, 5.41) is 4.38. The number of pyridine rings is 1. The molecule has 0 spiro atoms. The maximum absolute atomic E-state index is 12.8. The number of rotatable bonds is 5. The molecule has 2 aromatic heterocycles. The molecule has 28 heavy (non-hydrogen) atoms. The zero-order valence-electron chi connectivity index (χ0n) is 16.8. The summed E-state index contributed by atoms with van der Waals surface area (Å²) < 4.78 is 1.80. The van der Waals surface area contributed by atoms with E-state index in [0.29, 0.717) is 23.8 Å². The highest BCUT2D eigenvalue weighted by atomic mass is 16.2. The summed E-state index contributed by atoms with van der Waals surface area (Å²) >= 11 is 0. The number of nitrogens with zero attached hydrogens (tertiary/aromatic N) is 4. The fourth-order valence-electron chi connectivity index (χ4n) is 4.45. The molecule has 0 radical (unpaired) electrons. The highest BCUT2D eigenvalue weighted by molar-refractivity contribution is 6.00. The summed E-state index contributed by atoms with van der Waals surface area (Å²) in [6.45, 7) is 5.48. The fourth-order valence-corrected chi connectivity index (χ4v) is 4.45. The Kier molecular flexibility index (Phi) is 5.64. The molecule has 4 heterocycles. The fraction of sp³-hybridized carbons (Fsp3) is 0.591. The second kappa shape index (κ2) is 8.33. The van der Waals surface area contributed by atoms with Gasteiger partial charge in [0.15, 0.2) is 0 Å². The van der Waals surface area contributed by atoms with E-state index in [0.717, 1.165) is 70.2 Å². The summed E-state index contributed by atoms with van der Waals surface area (Å²) in [4.78, 5) is 29.1.